The van der Waals surface area contributed by atoms with Gasteiger partial charge in [-0.25, -0.2) is 9.37 Å². The van der Waals surface area contributed by atoms with E-state index in [2.05, 4.69) is 40.1 Å². The average Bonchev–Trinajstić information content (AvgIpc) is 2.16. The summed E-state index contributed by atoms with van der Waals surface area (Å²) in [4.78, 5) is 5.85. The fourth-order valence-electron chi connectivity index (χ4n) is 1.32. The van der Waals surface area contributed by atoms with E-state index >= 15 is 0 Å². The smallest absolute Gasteiger partial charge is 0.166 e. The maximum Gasteiger partial charge on any atom is 0.166 e. The Bertz CT molecular complexity index is 344. The third-order valence-electron chi connectivity index (χ3n) is 2.15. The minimum Gasteiger partial charge on any atom is -0.356 e. The Balaban J connectivity index is 2.55. The number of hydrogen-bond donors (Lipinski definition) is 1. The Labute approximate surface area is 104 Å². The van der Waals surface area contributed by atoms with Crippen molar-refractivity contribution in [3.63, 3.8) is 0 Å². The van der Waals surface area contributed by atoms with Crippen molar-refractivity contribution < 1.29 is 4.39 Å². The Kier molecular flexibility index (Phi) is 5.15. The molecule has 1 N–H and O–H groups in total. The maximum atomic E-state index is 13.5. The van der Waals surface area contributed by atoms with E-state index in [0.29, 0.717) is 16.3 Å². The molecule has 0 saturated carbocycles. The summed E-state index contributed by atoms with van der Waals surface area (Å²) in [5.41, 5.74) is 0. The summed E-state index contributed by atoms with van der Waals surface area (Å²) < 4.78 is 14.2. The van der Waals surface area contributed by atoms with Crippen molar-refractivity contribution in [2.24, 2.45) is 0 Å². The summed E-state index contributed by atoms with van der Waals surface area (Å²) in [5, 5.41) is 3.28. The van der Waals surface area contributed by atoms with E-state index in [1.54, 1.807) is 11.1 Å². The zero-order chi connectivity index (χ0) is 12.1. The van der Waals surface area contributed by atoms with Gasteiger partial charge in [0.15, 0.2) is 11.6 Å². The molecular formula is C11H17BrFN3. The van der Waals surface area contributed by atoms with Crippen LogP contribution in [0.2, 0.25) is 0 Å². The van der Waals surface area contributed by atoms with Crippen LogP contribution in [0.4, 0.5) is 10.2 Å². The van der Waals surface area contributed by atoms with E-state index in [1.807, 2.05) is 7.05 Å². The molecule has 0 atom stereocenters. The zero-order valence-corrected chi connectivity index (χ0v) is 11.4. The second kappa shape index (κ2) is 6.15. The van der Waals surface area contributed by atoms with Crippen molar-refractivity contribution in [3.8, 4) is 0 Å². The van der Waals surface area contributed by atoms with Crippen LogP contribution in [0.1, 0.15) is 13.8 Å². The van der Waals surface area contributed by atoms with E-state index < -0.39 is 0 Å². The van der Waals surface area contributed by atoms with Gasteiger partial charge in [-0.1, -0.05) is 13.8 Å². The summed E-state index contributed by atoms with van der Waals surface area (Å²) in [6, 6.07) is 1.87. The lowest BCUT2D eigenvalue weighted by molar-refractivity contribution is 0.578. The van der Waals surface area contributed by atoms with E-state index in [9.17, 15) is 4.39 Å². The zero-order valence-electron chi connectivity index (χ0n) is 9.80. The fourth-order valence-corrected chi connectivity index (χ4v) is 1.62. The molecule has 0 aliphatic carbocycles. The first kappa shape index (κ1) is 13.4. The molecule has 1 aromatic heterocycles. The van der Waals surface area contributed by atoms with Gasteiger partial charge < -0.3 is 10.2 Å². The van der Waals surface area contributed by atoms with E-state index in [0.717, 1.165) is 13.1 Å². The molecule has 16 heavy (non-hydrogen) atoms. The Morgan fingerprint density at radius 3 is 2.81 bits per heavy atom. The fraction of sp³-hybridized carbons (Fsp3) is 0.545. The number of anilines is 1. The van der Waals surface area contributed by atoms with Crippen LogP contribution in [0.3, 0.4) is 0 Å². The van der Waals surface area contributed by atoms with Gasteiger partial charge in [-0.2, -0.15) is 0 Å². The van der Waals surface area contributed by atoms with Crippen LogP contribution in [0.5, 0.6) is 0 Å². The van der Waals surface area contributed by atoms with Crippen molar-refractivity contribution in [1.82, 2.24) is 10.3 Å². The normalized spacial score (nSPS) is 10.9. The Hall–Kier alpha value is -0.680. The topological polar surface area (TPSA) is 28.2 Å². The molecule has 0 amide bonds. The van der Waals surface area contributed by atoms with Crippen LogP contribution < -0.4 is 10.2 Å². The molecular weight excluding hydrogens is 273 g/mol. The molecule has 0 aliphatic rings. The van der Waals surface area contributed by atoms with Crippen molar-refractivity contribution in [3.05, 3.63) is 22.6 Å². The van der Waals surface area contributed by atoms with Gasteiger partial charge in [-0.05, 0) is 22.0 Å². The van der Waals surface area contributed by atoms with Gasteiger partial charge in [0.25, 0.3) is 0 Å². The predicted octanol–water partition coefficient (Wildman–Crippen LogP) is 2.42. The standard InChI is InChI=1S/C11H17BrFN3/c1-8(2)14-4-5-16(3)11-10(13)6-9(12)7-15-11/h6-8,14H,4-5H2,1-3H3. The highest BCUT2D eigenvalue weighted by atomic mass is 79.9. The summed E-state index contributed by atoms with van der Waals surface area (Å²) in [7, 11) is 1.83. The van der Waals surface area contributed by atoms with E-state index in [4.69, 9.17) is 0 Å². The van der Waals surface area contributed by atoms with Crippen molar-refractivity contribution >= 4 is 21.7 Å². The highest BCUT2D eigenvalue weighted by Crippen LogP contribution is 2.18. The van der Waals surface area contributed by atoms with Gasteiger partial charge in [-0.3, -0.25) is 0 Å². The predicted molar refractivity (Wildman–Crippen MR) is 68.3 cm³/mol. The van der Waals surface area contributed by atoms with Crippen molar-refractivity contribution in [2.75, 3.05) is 25.0 Å². The number of halogens is 2. The molecule has 1 heterocycles. The Morgan fingerprint density at radius 2 is 2.25 bits per heavy atom. The lowest BCUT2D eigenvalue weighted by Crippen LogP contribution is -2.33. The third-order valence-corrected chi connectivity index (χ3v) is 2.58. The van der Waals surface area contributed by atoms with Gasteiger partial charge in [-0.15, -0.1) is 0 Å². The molecule has 0 radical (unpaired) electrons. The number of nitrogens with one attached hydrogen (secondary N) is 1. The lowest BCUT2D eigenvalue weighted by atomic mass is 10.3. The first-order valence-electron chi connectivity index (χ1n) is 5.26. The third kappa shape index (κ3) is 4.06. The molecule has 1 rings (SSSR count). The molecule has 0 fully saturated rings. The molecule has 1 aromatic rings. The highest BCUT2D eigenvalue weighted by molar-refractivity contribution is 9.10. The molecule has 90 valence electrons. The minimum absolute atomic E-state index is 0.304. The van der Waals surface area contributed by atoms with Crippen molar-refractivity contribution in [2.45, 2.75) is 19.9 Å². The molecule has 3 nitrogen and oxygen atoms in total. The monoisotopic (exact) mass is 289 g/mol. The SMILES string of the molecule is CC(C)NCCN(C)c1ncc(Br)cc1F. The minimum atomic E-state index is -0.304. The number of rotatable bonds is 5. The van der Waals surface area contributed by atoms with Crippen LogP contribution >= 0.6 is 15.9 Å². The van der Waals surface area contributed by atoms with Crippen LogP contribution in [-0.4, -0.2) is 31.2 Å². The quantitative estimate of drug-likeness (QED) is 0.902. The van der Waals surface area contributed by atoms with Gasteiger partial charge >= 0.3 is 0 Å². The molecule has 5 heteroatoms. The molecule has 0 bridgehead atoms. The molecule has 0 aliphatic heterocycles. The highest BCUT2D eigenvalue weighted by Gasteiger charge is 2.09. The first-order chi connectivity index (χ1) is 7.50. The number of aromatic nitrogens is 1. The second-order valence-corrected chi connectivity index (χ2v) is 4.91. The average molecular weight is 290 g/mol. The number of hydrogen-bond acceptors (Lipinski definition) is 3. The molecule has 0 unspecified atom stereocenters. The van der Waals surface area contributed by atoms with E-state index in [1.165, 1.54) is 6.07 Å². The number of pyridine rings is 1. The molecule has 0 spiro atoms. The summed E-state index contributed by atoms with van der Waals surface area (Å²) in [6.07, 6.45) is 1.60. The lowest BCUT2D eigenvalue weighted by Gasteiger charge is -2.19. The largest absolute Gasteiger partial charge is 0.356 e. The van der Waals surface area contributed by atoms with Crippen LogP contribution in [0.15, 0.2) is 16.7 Å². The van der Waals surface area contributed by atoms with E-state index in [-0.39, 0.29) is 5.82 Å². The van der Waals surface area contributed by atoms with Crippen molar-refractivity contribution in [1.29, 1.82) is 0 Å². The van der Waals surface area contributed by atoms with Gasteiger partial charge in [0.05, 0.1) is 0 Å². The first-order valence-corrected chi connectivity index (χ1v) is 6.05. The number of likely N-dealkylation sites (N-methyl/N-ethyl adjacent to an activating group) is 1. The van der Waals surface area contributed by atoms with Gasteiger partial charge in [0, 0.05) is 36.8 Å². The summed E-state index contributed by atoms with van der Waals surface area (Å²) in [5.74, 6) is 0.0789. The molecule has 0 saturated heterocycles. The van der Waals surface area contributed by atoms with Gasteiger partial charge in [0.2, 0.25) is 0 Å². The maximum absolute atomic E-state index is 13.5. The summed E-state index contributed by atoms with van der Waals surface area (Å²) >= 11 is 3.18. The van der Waals surface area contributed by atoms with Gasteiger partial charge in [0.1, 0.15) is 0 Å². The molecule has 0 aromatic carbocycles. The second-order valence-electron chi connectivity index (χ2n) is 3.99. The van der Waals surface area contributed by atoms with Crippen LogP contribution in [-0.2, 0) is 0 Å². The Morgan fingerprint density at radius 1 is 1.56 bits per heavy atom. The summed E-state index contributed by atoms with van der Waals surface area (Å²) in [6.45, 7) is 5.70. The van der Waals surface area contributed by atoms with Crippen LogP contribution in [0, 0.1) is 5.82 Å². The number of nitrogens with zero attached hydrogens (tertiary/aromatic N) is 2. The van der Waals surface area contributed by atoms with Crippen LogP contribution in [0.25, 0.3) is 0 Å².